The molecule has 4 heteroatoms. The molecular formula is C7H11BiO2Si. The van der Waals surface area contributed by atoms with Crippen LogP contribution < -0.4 is 0 Å². The van der Waals surface area contributed by atoms with Gasteiger partial charge in [-0.15, -0.1) is 0 Å². The first-order valence-electron chi connectivity index (χ1n) is 3.49. The van der Waals surface area contributed by atoms with E-state index in [4.69, 9.17) is 9.16 Å². The molecule has 1 aliphatic heterocycles. The Morgan fingerprint density at radius 2 is 2.45 bits per heavy atom. The number of hydrogen-bond donors (Lipinski definition) is 0. The van der Waals surface area contributed by atoms with Crippen LogP contribution >= 0.6 is 0 Å². The molecule has 0 saturated carbocycles. The third kappa shape index (κ3) is 4.06. The van der Waals surface area contributed by atoms with Crippen molar-refractivity contribution in [3.8, 4) is 0 Å². The van der Waals surface area contributed by atoms with Gasteiger partial charge in [-0.1, -0.05) is 0 Å². The van der Waals surface area contributed by atoms with Crippen LogP contribution in [0.2, 0.25) is 0 Å². The Balaban J connectivity index is 1.84. The Labute approximate surface area is 80.3 Å². The van der Waals surface area contributed by atoms with E-state index in [1.54, 1.807) is 0 Å². The van der Waals surface area contributed by atoms with E-state index in [1.165, 1.54) is 3.39 Å². The summed E-state index contributed by atoms with van der Waals surface area (Å²) < 4.78 is 14.2. The second kappa shape index (κ2) is 5.95. The Kier molecular flexibility index (Phi) is 5.12. The van der Waals surface area contributed by atoms with Gasteiger partial charge >= 0.3 is 80.4 Å². The van der Waals surface area contributed by atoms with Gasteiger partial charge in [-0.2, -0.15) is 0 Å². The second-order valence-electron chi connectivity index (χ2n) is 2.00. The quantitative estimate of drug-likeness (QED) is 0.472. The van der Waals surface area contributed by atoms with Crippen LogP contribution in [0.1, 0.15) is 0 Å². The number of rotatable bonds is 6. The van der Waals surface area contributed by atoms with Gasteiger partial charge in [0.05, 0.1) is 0 Å². The van der Waals surface area contributed by atoms with Gasteiger partial charge in [-0.25, -0.2) is 0 Å². The zero-order chi connectivity index (χ0) is 7.94. The molecular weight excluding hydrogens is 353 g/mol. The average Bonchev–Trinajstić information content (AvgIpc) is 1.93. The van der Waals surface area contributed by atoms with Crippen LogP contribution in [0.25, 0.3) is 0 Å². The minimum atomic E-state index is -0.440. The van der Waals surface area contributed by atoms with Crippen molar-refractivity contribution in [3.05, 3.63) is 22.1 Å². The molecule has 2 nitrogen and oxygen atoms in total. The summed E-state index contributed by atoms with van der Waals surface area (Å²) in [7, 11) is -0.440. The molecule has 0 N–H and O–H groups in total. The molecule has 1 aliphatic rings. The molecule has 1 rings (SSSR count). The zero-order valence-corrected chi connectivity index (χ0v) is 11.2. The van der Waals surface area contributed by atoms with Gasteiger partial charge in [0.1, 0.15) is 0 Å². The topological polar surface area (TPSA) is 18.5 Å². The molecule has 0 fully saturated rings. The van der Waals surface area contributed by atoms with Crippen molar-refractivity contribution in [2.75, 3.05) is 13.2 Å². The van der Waals surface area contributed by atoms with E-state index >= 15 is 0 Å². The summed E-state index contributed by atoms with van der Waals surface area (Å²) in [5, 5.41) is 0. The van der Waals surface area contributed by atoms with Gasteiger partial charge in [0.15, 0.2) is 0 Å². The van der Waals surface area contributed by atoms with Crippen LogP contribution in [0, 0.1) is 0 Å². The van der Waals surface area contributed by atoms with Gasteiger partial charge in [0.25, 0.3) is 0 Å². The molecule has 0 saturated heterocycles. The monoisotopic (exact) mass is 364 g/mol. The van der Waals surface area contributed by atoms with Crippen LogP contribution in [0.15, 0.2) is 22.1 Å². The Morgan fingerprint density at radius 3 is 3.00 bits per heavy atom. The minimum absolute atomic E-state index is 0.388. The molecule has 0 aromatic heterocycles. The Hall–Kier alpha value is 0.370. The summed E-state index contributed by atoms with van der Waals surface area (Å²) in [5.74, 6) is 0. The van der Waals surface area contributed by atoms with E-state index in [0.717, 1.165) is 13.2 Å². The molecule has 60 valence electrons. The van der Waals surface area contributed by atoms with Crippen LogP contribution in [0.5, 0.6) is 0 Å². The number of hydrogen-bond acceptors (Lipinski definition) is 2. The summed E-state index contributed by atoms with van der Waals surface area (Å²) in [5.41, 5.74) is 1.88. The molecule has 11 heavy (non-hydrogen) atoms. The van der Waals surface area contributed by atoms with E-state index in [9.17, 15) is 0 Å². The van der Waals surface area contributed by atoms with Crippen molar-refractivity contribution >= 4 is 35.9 Å². The summed E-state index contributed by atoms with van der Waals surface area (Å²) >= 11 is -0.388. The standard InChI is InChI=1S/C7H11O2Si.Bi/c1-3-5-8-6-7-9-10-4-2;/h1,3-4H,2,6-7,10H2;. The molecule has 0 aliphatic carbocycles. The van der Waals surface area contributed by atoms with Crippen molar-refractivity contribution in [2.24, 2.45) is 0 Å². The number of ether oxygens (including phenoxy) is 1. The summed E-state index contributed by atoms with van der Waals surface area (Å²) in [6.07, 6.45) is 2.07. The molecule has 1 heterocycles. The third-order valence-electron chi connectivity index (χ3n) is 1.13. The molecule has 0 amide bonds. The molecule has 0 aromatic carbocycles. The van der Waals surface area contributed by atoms with Gasteiger partial charge in [0.2, 0.25) is 0 Å². The second-order valence-corrected chi connectivity index (χ2v) is 7.19. The van der Waals surface area contributed by atoms with Crippen LogP contribution in [-0.4, -0.2) is 49.1 Å². The van der Waals surface area contributed by atoms with Crippen molar-refractivity contribution < 1.29 is 9.16 Å². The molecule has 0 unspecified atom stereocenters. The SMILES string of the molecule is C=C[SiH2]OCCO[C]1=[Bi][CH]=C1. The van der Waals surface area contributed by atoms with E-state index in [-0.39, 0.29) is 22.8 Å². The molecule has 0 atom stereocenters. The van der Waals surface area contributed by atoms with Crippen molar-refractivity contribution in [1.29, 1.82) is 0 Å². The Bertz CT molecular complexity index is 189. The maximum atomic E-state index is 5.40. The zero-order valence-electron chi connectivity index (χ0n) is 6.32. The predicted octanol–water partition coefficient (Wildman–Crippen LogP) is -0.392. The van der Waals surface area contributed by atoms with E-state index in [2.05, 4.69) is 16.4 Å². The first-order chi connectivity index (χ1) is 5.43. The first kappa shape index (κ1) is 9.46. The fourth-order valence-corrected chi connectivity index (χ4v) is 2.74. The van der Waals surface area contributed by atoms with Gasteiger partial charge in [-0.05, 0) is 0 Å². The van der Waals surface area contributed by atoms with Gasteiger partial charge in [0, 0.05) is 0 Å². The van der Waals surface area contributed by atoms with Crippen LogP contribution in [0.4, 0.5) is 0 Å². The van der Waals surface area contributed by atoms with Crippen molar-refractivity contribution in [1.82, 2.24) is 0 Å². The van der Waals surface area contributed by atoms with Crippen molar-refractivity contribution in [2.45, 2.75) is 0 Å². The van der Waals surface area contributed by atoms with Gasteiger partial charge < -0.3 is 0 Å². The summed E-state index contributed by atoms with van der Waals surface area (Å²) in [6, 6.07) is 0. The normalized spacial score (nSPS) is 15.1. The predicted molar refractivity (Wildman–Crippen MR) is 50.5 cm³/mol. The van der Waals surface area contributed by atoms with Gasteiger partial charge in [-0.3, -0.25) is 0 Å². The van der Waals surface area contributed by atoms with E-state index in [1.807, 2.05) is 5.70 Å². The Morgan fingerprint density at radius 1 is 1.64 bits per heavy atom. The average molecular weight is 364 g/mol. The van der Waals surface area contributed by atoms with Crippen molar-refractivity contribution in [3.63, 3.8) is 0 Å². The maximum absolute atomic E-state index is 5.40. The third-order valence-corrected chi connectivity index (χ3v) is 5.12. The summed E-state index contributed by atoms with van der Waals surface area (Å²) in [6.45, 7) is 5.07. The molecule has 0 bridgehead atoms. The fourth-order valence-electron chi connectivity index (χ4n) is 0.593. The molecule has 0 aromatic rings. The van der Waals surface area contributed by atoms with E-state index < -0.39 is 9.76 Å². The fraction of sp³-hybridized carbons (Fsp3) is 0.286. The van der Waals surface area contributed by atoms with Crippen LogP contribution in [-0.2, 0) is 9.16 Å². The molecule has 0 spiro atoms. The first-order valence-corrected chi connectivity index (χ1v) is 8.63. The summed E-state index contributed by atoms with van der Waals surface area (Å²) in [4.78, 5) is 0. The molecule has 0 radical (unpaired) electrons. The van der Waals surface area contributed by atoms with E-state index in [0.29, 0.717) is 0 Å². The van der Waals surface area contributed by atoms with Crippen LogP contribution in [0.3, 0.4) is 0 Å².